The zero-order valence-electron chi connectivity index (χ0n) is 8.59. The lowest BCUT2D eigenvalue weighted by molar-refractivity contribution is 0.0995. The number of benzene rings is 1. The fourth-order valence-electron chi connectivity index (χ4n) is 1.24. The largest absolute Gasteiger partial charge is 0.497 e. The van der Waals surface area contributed by atoms with Gasteiger partial charge in [0.05, 0.1) is 11.9 Å². The molecule has 0 aliphatic carbocycles. The quantitative estimate of drug-likeness (QED) is 0.621. The fourth-order valence-corrected chi connectivity index (χ4v) is 1.98. The summed E-state index contributed by atoms with van der Waals surface area (Å²) in [6, 6.07) is 5.53. The van der Waals surface area contributed by atoms with Crippen LogP contribution in [-0.4, -0.2) is 17.7 Å². The van der Waals surface area contributed by atoms with Crippen molar-refractivity contribution in [3.05, 3.63) is 29.3 Å². The normalized spacial score (nSPS) is 12.3. The summed E-state index contributed by atoms with van der Waals surface area (Å²) in [5.41, 5.74) is 1.68. The van der Waals surface area contributed by atoms with Crippen LogP contribution in [0.25, 0.3) is 0 Å². The number of hydrogen-bond acceptors (Lipinski definition) is 2. The number of rotatable bonds is 4. The molecular weight excluding hydrogens is 324 g/mol. The molecule has 0 spiro atoms. The molecule has 2 nitrogen and oxygen atoms in total. The second kappa shape index (κ2) is 5.66. The molecule has 0 amide bonds. The van der Waals surface area contributed by atoms with Crippen LogP contribution in [0.5, 0.6) is 5.75 Å². The van der Waals surface area contributed by atoms with E-state index in [0.717, 1.165) is 5.56 Å². The Labute approximate surface area is 106 Å². The molecular formula is C11H12Br2O2. The molecule has 15 heavy (non-hydrogen) atoms. The minimum absolute atomic E-state index is 0.0725. The summed E-state index contributed by atoms with van der Waals surface area (Å²) in [6.07, 6.45) is 0. The number of ketones is 1. The van der Waals surface area contributed by atoms with Crippen LogP contribution in [0.15, 0.2) is 18.2 Å². The van der Waals surface area contributed by atoms with Gasteiger partial charge in [0.1, 0.15) is 5.75 Å². The first kappa shape index (κ1) is 12.7. The third-order valence-electron chi connectivity index (χ3n) is 2.09. The number of carbonyl (C=O) groups is 1. The second-order valence-corrected chi connectivity index (χ2v) is 5.07. The summed E-state index contributed by atoms with van der Waals surface area (Å²) in [5.74, 6) is 0.777. The Morgan fingerprint density at radius 1 is 1.53 bits per heavy atom. The third kappa shape index (κ3) is 3.05. The number of alkyl halides is 2. The molecule has 82 valence electrons. The number of carbonyl (C=O) groups excluding carboxylic acids is 1. The maximum Gasteiger partial charge on any atom is 0.176 e. The fraction of sp³-hybridized carbons (Fsp3) is 0.364. The molecule has 1 rings (SSSR count). The van der Waals surface area contributed by atoms with Gasteiger partial charge in [-0.25, -0.2) is 0 Å². The van der Waals surface area contributed by atoms with Gasteiger partial charge in [0.2, 0.25) is 0 Å². The number of hydrogen-bond donors (Lipinski definition) is 0. The molecule has 0 aliphatic heterocycles. The van der Waals surface area contributed by atoms with E-state index in [9.17, 15) is 4.79 Å². The summed E-state index contributed by atoms with van der Waals surface area (Å²) >= 11 is 6.64. The monoisotopic (exact) mass is 334 g/mol. The Morgan fingerprint density at radius 2 is 2.20 bits per heavy atom. The maximum absolute atomic E-state index is 11.9. The van der Waals surface area contributed by atoms with Gasteiger partial charge >= 0.3 is 0 Å². The molecule has 0 saturated heterocycles. The molecule has 0 radical (unpaired) electrons. The average Bonchev–Trinajstić information content (AvgIpc) is 2.27. The Morgan fingerprint density at radius 3 is 2.67 bits per heavy atom. The van der Waals surface area contributed by atoms with E-state index in [-0.39, 0.29) is 10.6 Å². The van der Waals surface area contributed by atoms with Crippen LogP contribution < -0.4 is 4.74 Å². The van der Waals surface area contributed by atoms with Gasteiger partial charge in [-0.1, -0.05) is 37.9 Å². The van der Waals surface area contributed by atoms with E-state index in [0.29, 0.717) is 16.6 Å². The van der Waals surface area contributed by atoms with Gasteiger partial charge in [-0.3, -0.25) is 4.79 Å². The van der Waals surface area contributed by atoms with Crippen LogP contribution in [0.3, 0.4) is 0 Å². The molecule has 0 N–H and O–H groups in total. The lowest BCUT2D eigenvalue weighted by atomic mass is 10.0. The van der Waals surface area contributed by atoms with Crippen LogP contribution in [0.1, 0.15) is 22.8 Å². The van der Waals surface area contributed by atoms with Gasteiger partial charge in [0.25, 0.3) is 0 Å². The standard InChI is InChI=1S/C11H12Br2O2/c1-7(13)11(14)10-5-9(15-2)4-3-8(10)6-12/h3-5,7H,6H2,1-2H3. The van der Waals surface area contributed by atoms with Crippen molar-refractivity contribution in [2.45, 2.75) is 17.1 Å². The number of halogens is 2. The van der Waals surface area contributed by atoms with Gasteiger partial charge in [-0.2, -0.15) is 0 Å². The summed E-state index contributed by atoms with van der Waals surface area (Å²) in [7, 11) is 1.59. The average molecular weight is 336 g/mol. The summed E-state index contributed by atoms with van der Waals surface area (Å²) in [5, 5.41) is 0.664. The van der Waals surface area contributed by atoms with E-state index in [4.69, 9.17) is 4.74 Å². The highest BCUT2D eigenvalue weighted by atomic mass is 79.9. The van der Waals surface area contributed by atoms with E-state index < -0.39 is 0 Å². The smallest absolute Gasteiger partial charge is 0.176 e. The lowest BCUT2D eigenvalue weighted by Crippen LogP contribution is -2.12. The molecule has 1 aromatic carbocycles. The molecule has 0 aliphatic rings. The highest BCUT2D eigenvalue weighted by Gasteiger charge is 2.16. The maximum atomic E-state index is 11.9. The Hall–Kier alpha value is -0.350. The van der Waals surface area contributed by atoms with Crippen LogP contribution >= 0.6 is 31.9 Å². The molecule has 0 heterocycles. The zero-order valence-corrected chi connectivity index (χ0v) is 11.8. The van der Waals surface area contributed by atoms with Crippen molar-refractivity contribution >= 4 is 37.6 Å². The number of ether oxygens (including phenoxy) is 1. The minimum Gasteiger partial charge on any atom is -0.497 e. The van der Waals surface area contributed by atoms with Crippen molar-refractivity contribution in [3.63, 3.8) is 0 Å². The molecule has 4 heteroatoms. The van der Waals surface area contributed by atoms with Crippen molar-refractivity contribution in [2.75, 3.05) is 7.11 Å². The second-order valence-electron chi connectivity index (χ2n) is 3.14. The lowest BCUT2D eigenvalue weighted by Gasteiger charge is -2.09. The Bertz CT molecular complexity index is 362. The van der Waals surface area contributed by atoms with E-state index in [2.05, 4.69) is 31.9 Å². The topological polar surface area (TPSA) is 26.3 Å². The SMILES string of the molecule is COc1ccc(CBr)c(C(=O)C(C)Br)c1. The predicted octanol–water partition coefficient (Wildman–Crippen LogP) is 3.56. The van der Waals surface area contributed by atoms with Gasteiger partial charge in [0, 0.05) is 10.9 Å². The molecule has 0 bridgehead atoms. The van der Waals surface area contributed by atoms with Crippen LogP contribution in [0.4, 0.5) is 0 Å². The van der Waals surface area contributed by atoms with Gasteiger partial charge in [-0.05, 0) is 24.6 Å². The van der Waals surface area contributed by atoms with Crippen LogP contribution in [0.2, 0.25) is 0 Å². The molecule has 1 unspecified atom stereocenters. The van der Waals surface area contributed by atoms with E-state index in [1.807, 2.05) is 19.1 Å². The number of methoxy groups -OCH3 is 1. The van der Waals surface area contributed by atoms with Crippen molar-refractivity contribution in [2.24, 2.45) is 0 Å². The third-order valence-corrected chi connectivity index (χ3v) is 3.11. The van der Waals surface area contributed by atoms with Crippen LogP contribution in [-0.2, 0) is 5.33 Å². The first-order chi connectivity index (χ1) is 7.10. The minimum atomic E-state index is -0.178. The predicted molar refractivity (Wildman–Crippen MR) is 68.3 cm³/mol. The Kier molecular flexibility index (Phi) is 4.80. The molecule has 0 aromatic heterocycles. The summed E-state index contributed by atoms with van der Waals surface area (Å²) in [4.78, 5) is 11.7. The van der Waals surface area contributed by atoms with Gasteiger partial charge < -0.3 is 4.74 Å². The first-order valence-corrected chi connectivity index (χ1v) is 6.55. The number of Topliss-reactive ketones (excluding diaryl/α,β-unsaturated/α-hetero) is 1. The molecule has 1 aromatic rings. The zero-order chi connectivity index (χ0) is 11.4. The van der Waals surface area contributed by atoms with Crippen molar-refractivity contribution in [3.8, 4) is 5.75 Å². The van der Waals surface area contributed by atoms with Gasteiger partial charge in [-0.15, -0.1) is 0 Å². The Balaban J connectivity index is 3.17. The van der Waals surface area contributed by atoms with Crippen molar-refractivity contribution in [1.29, 1.82) is 0 Å². The van der Waals surface area contributed by atoms with E-state index in [1.54, 1.807) is 13.2 Å². The molecule has 1 atom stereocenters. The summed E-state index contributed by atoms with van der Waals surface area (Å²) in [6.45, 7) is 1.82. The highest BCUT2D eigenvalue weighted by Crippen LogP contribution is 2.22. The van der Waals surface area contributed by atoms with E-state index >= 15 is 0 Å². The van der Waals surface area contributed by atoms with Crippen molar-refractivity contribution < 1.29 is 9.53 Å². The molecule has 0 fully saturated rings. The highest BCUT2D eigenvalue weighted by molar-refractivity contribution is 9.10. The van der Waals surface area contributed by atoms with Crippen molar-refractivity contribution in [1.82, 2.24) is 0 Å². The molecule has 0 saturated carbocycles. The van der Waals surface area contributed by atoms with E-state index in [1.165, 1.54) is 0 Å². The first-order valence-electron chi connectivity index (χ1n) is 4.51. The van der Waals surface area contributed by atoms with Gasteiger partial charge in [0.15, 0.2) is 5.78 Å². The summed E-state index contributed by atoms with van der Waals surface area (Å²) < 4.78 is 5.10. The van der Waals surface area contributed by atoms with Crippen LogP contribution in [0, 0.1) is 0 Å².